The van der Waals surface area contributed by atoms with Gasteiger partial charge in [-0.1, -0.05) is 0 Å². The van der Waals surface area contributed by atoms with Crippen molar-refractivity contribution in [3.05, 3.63) is 6.07 Å². The Bertz CT molecular complexity index is 766. The molecule has 0 radical (unpaired) electrons. The van der Waals surface area contributed by atoms with Crippen LogP contribution >= 0.6 is 11.8 Å². The van der Waals surface area contributed by atoms with Gasteiger partial charge in [0.25, 0.3) is 0 Å². The molecule has 0 aliphatic rings. The molecule has 0 saturated heterocycles. The molecule has 2 unspecified atom stereocenters. The molecule has 0 fully saturated rings. The summed E-state index contributed by atoms with van der Waals surface area (Å²) in [6, 6.07) is -1.11. The van der Waals surface area contributed by atoms with Gasteiger partial charge in [0.05, 0.1) is 4.90 Å². The number of aliphatic carboxylic acids is 2. The van der Waals surface area contributed by atoms with Crippen LogP contribution in [0.3, 0.4) is 0 Å². The number of hydrogen-bond donors (Lipinski definition) is 7. The lowest BCUT2D eigenvalue weighted by Crippen LogP contribution is -2.49. The van der Waals surface area contributed by atoms with Crippen molar-refractivity contribution >= 4 is 35.5 Å². The summed E-state index contributed by atoms with van der Waals surface area (Å²) in [5.41, 5.74) is 5.34. The van der Waals surface area contributed by atoms with Crippen LogP contribution in [0.5, 0.6) is 11.8 Å². The maximum absolute atomic E-state index is 12.2. The molecule has 1 rings (SSSR count). The summed E-state index contributed by atoms with van der Waals surface area (Å²) in [5.74, 6) is -4.41. The molecule has 2 atom stereocenters. The van der Waals surface area contributed by atoms with Crippen LogP contribution in [0.15, 0.2) is 11.0 Å². The van der Waals surface area contributed by atoms with Crippen LogP contribution in [-0.2, 0) is 25.7 Å². The summed E-state index contributed by atoms with van der Waals surface area (Å²) in [7, 11) is 0. The highest BCUT2D eigenvalue weighted by molar-refractivity contribution is 7.99. The van der Waals surface area contributed by atoms with E-state index in [2.05, 4.69) is 10.6 Å². The molecular weight excluding hydrogens is 408 g/mol. The molecule has 29 heavy (non-hydrogen) atoms. The van der Waals surface area contributed by atoms with Gasteiger partial charge in [0.15, 0.2) is 5.88 Å². The molecule has 1 aromatic heterocycles. The van der Waals surface area contributed by atoms with E-state index in [9.17, 15) is 29.4 Å². The van der Waals surface area contributed by atoms with Crippen LogP contribution in [0.2, 0.25) is 0 Å². The minimum Gasteiger partial charge on any atom is -0.494 e. The predicted octanol–water partition coefficient (Wildman–Crippen LogP) is -1.11. The molecule has 0 spiro atoms. The van der Waals surface area contributed by atoms with E-state index < -0.39 is 42.4 Å². The molecule has 0 saturated carbocycles. The van der Waals surface area contributed by atoms with E-state index in [1.54, 1.807) is 6.92 Å². The molecular formula is C16H24N4O8S. The first-order chi connectivity index (χ1) is 13.6. The van der Waals surface area contributed by atoms with Crippen molar-refractivity contribution in [2.75, 3.05) is 12.3 Å². The second-order valence-electron chi connectivity index (χ2n) is 5.96. The van der Waals surface area contributed by atoms with Gasteiger partial charge >= 0.3 is 11.9 Å². The Morgan fingerprint density at radius 3 is 2.41 bits per heavy atom. The van der Waals surface area contributed by atoms with Gasteiger partial charge in [-0.15, -0.1) is 11.8 Å². The minimum absolute atomic E-state index is 0.0805. The van der Waals surface area contributed by atoms with Crippen LogP contribution in [0.4, 0.5) is 0 Å². The fourth-order valence-corrected chi connectivity index (χ4v) is 3.25. The molecule has 0 aliphatic carbocycles. The van der Waals surface area contributed by atoms with Crippen molar-refractivity contribution in [3.63, 3.8) is 0 Å². The van der Waals surface area contributed by atoms with Crippen LogP contribution in [0, 0.1) is 0 Å². The SMILES string of the molecule is CCn1c(O)cc(SCC(NC(=O)CCC(N)C(=O)O)C(=O)NCC(=O)O)c1O. The second-order valence-corrected chi connectivity index (χ2v) is 7.02. The van der Waals surface area contributed by atoms with E-state index >= 15 is 0 Å². The third-order valence-corrected chi connectivity index (χ3v) is 4.91. The molecule has 0 bridgehead atoms. The van der Waals surface area contributed by atoms with Gasteiger partial charge in [0.1, 0.15) is 18.6 Å². The standard InChI is InChI=1S/C16H24N4O8S/c1-2-20-12(22)5-10(15(20)26)29-7-9(14(25)18-6-13(23)24)19-11(21)4-3-8(17)16(27)28/h5,8-9,22,26H,2-4,6-7,17H2,1H3,(H,18,25)(H,19,21)(H,23,24)(H,27,28). The van der Waals surface area contributed by atoms with Crippen LogP contribution in [0.1, 0.15) is 19.8 Å². The lowest BCUT2D eigenvalue weighted by Gasteiger charge is -2.18. The molecule has 13 heteroatoms. The van der Waals surface area contributed by atoms with E-state index in [1.807, 2.05) is 0 Å². The number of thioether (sulfide) groups is 1. The second kappa shape index (κ2) is 11.2. The van der Waals surface area contributed by atoms with Crippen LogP contribution < -0.4 is 16.4 Å². The van der Waals surface area contributed by atoms with Crippen molar-refractivity contribution < 1.29 is 39.6 Å². The number of aromatic nitrogens is 1. The number of amides is 2. The van der Waals surface area contributed by atoms with Crippen LogP contribution in [0.25, 0.3) is 0 Å². The number of carboxylic acids is 2. The summed E-state index contributed by atoms with van der Waals surface area (Å²) in [4.78, 5) is 45.9. The summed E-state index contributed by atoms with van der Waals surface area (Å²) in [6.07, 6.45) is -0.398. The number of carboxylic acid groups (broad SMARTS) is 2. The molecule has 0 aromatic carbocycles. The number of nitrogens with zero attached hydrogens (tertiary/aromatic N) is 1. The maximum atomic E-state index is 12.2. The topological polar surface area (TPSA) is 204 Å². The Kier molecular flexibility index (Phi) is 9.28. The molecule has 162 valence electrons. The zero-order valence-corrected chi connectivity index (χ0v) is 16.4. The van der Waals surface area contributed by atoms with Crippen molar-refractivity contribution in [1.82, 2.24) is 15.2 Å². The van der Waals surface area contributed by atoms with Gasteiger partial charge in [0, 0.05) is 24.8 Å². The number of nitrogens with two attached hydrogens (primary N) is 1. The van der Waals surface area contributed by atoms with E-state index in [0.717, 1.165) is 11.8 Å². The van der Waals surface area contributed by atoms with Crippen molar-refractivity contribution in [2.24, 2.45) is 5.73 Å². The molecule has 0 aliphatic heterocycles. The fraction of sp³-hybridized carbons (Fsp3) is 0.500. The largest absolute Gasteiger partial charge is 0.494 e. The Morgan fingerprint density at radius 2 is 1.90 bits per heavy atom. The monoisotopic (exact) mass is 432 g/mol. The summed E-state index contributed by atoms with van der Waals surface area (Å²) in [6.45, 7) is 1.36. The lowest BCUT2D eigenvalue weighted by atomic mass is 10.1. The minimum atomic E-state index is -1.27. The smallest absolute Gasteiger partial charge is 0.322 e. The summed E-state index contributed by atoms with van der Waals surface area (Å²) >= 11 is 0.967. The first kappa shape index (κ1) is 24.1. The molecule has 2 amide bonds. The lowest BCUT2D eigenvalue weighted by molar-refractivity contribution is -0.139. The first-order valence-electron chi connectivity index (χ1n) is 8.58. The van der Waals surface area contributed by atoms with Gasteiger partial charge in [-0.2, -0.15) is 0 Å². The normalized spacial score (nSPS) is 12.8. The van der Waals surface area contributed by atoms with Crippen molar-refractivity contribution in [2.45, 2.75) is 43.3 Å². The zero-order valence-electron chi connectivity index (χ0n) is 15.6. The number of nitrogens with one attached hydrogen (secondary N) is 2. The average molecular weight is 432 g/mol. The van der Waals surface area contributed by atoms with Gasteiger partial charge in [-0.3, -0.25) is 23.7 Å². The fourth-order valence-electron chi connectivity index (χ4n) is 2.24. The predicted molar refractivity (Wildman–Crippen MR) is 102 cm³/mol. The average Bonchev–Trinajstić information content (AvgIpc) is 2.93. The van der Waals surface area contributed by atoms with Gasteiger partial charge in [-0.25, -0.2) is 0 Å². The van der Waals surface area contributed by atoms with E-state index in [1.165, 1.54) is 10.6 Å². The number of rotatable bonds is 12. The Hall–Kier alpha value is -2.93. The number of carbonyl (C=O) groups is 4. The molecule has 12 nitrogen and oxygen atoms in total. The van der Waals surface area contributed by atoms with Crippen molar-refractivity contribution in [1.29, 1.82) is 0 Å². The van der Waals surface area contributed by atoms with E-state index in [0.29, 0.717) is 6.54 Å². The summed E-state index contributed by atoms with van der Waals surface area (Å²) < 4.78 is 1.23. The maximum Gasteiger partial charge on any atom is 0.322 e. The van der Waals surface area contributed by atoms with Gasteiger partial charge in [-0.05, 0) is 13.3 Å². The highest BCUT2D eigenvalue weighted by atomic mass is 32.2. The molecule has 1 heterocycles. The number of carbonyl (C=O) groups excluding carboxylic acids is 2. The highest BCUT2D eigenvalue weighted by Gasteiger charge is 2.24. The van der Waals surface area contributed by atoms with E-state index in [4.69, 9.17) is 15.9 Å². The molecule has 8 N–H and O–H groups in total. The van der Waals surface area contributed by atoms with Crippen molar-refractivity contribution in [3.8, 4) is 11.8 Å². The van der Waals surface area contributed by atoms with Gasteiger partial charge < -0.3 is 36.8 Å². The Labute approximate surface area is 170 Å². The summed E-state index contributed by atoms with van der Waals surface area (Å²) in [5, 5.41) is 41.8. The molecule has 1 aromatic rings. The van der Waals surface area contributed by atoms with Gasteiger partial charge in [0.2, 0.25) is 17.7 Å². The zero-order chi connectivity index (χ0) is 22.1. The third kappa shape index (κ3) is 7.54. The first-order valence-corrected chi connectivity index (χ1v) is 9.56. The Balaban J connectivity index is 2.80. The van der Waals surface area contributed by atoms with E-state index in [-0.39, 0.29) is 35.2 Å². The Morgan fingerprint density at radius 1 is 1.24 bits per heavy atom. The quantitative estimate of drug-likeness (QED) is 0.198. The number of aromatic hydroxyl groups is 2. The highest BCUT2D eigenvalue weighted by Crippen LogP contribution is 2.35. The van der Waals surface area contributed by atoms with Crippen LogP contribution in [-0.4, -0.2) is 73.1 Å². The number of hydrogen-bond acceptors (Lipinski definition) is 8. The third-order valence-electron chi connectivity index (χ3n) is 3.80.